The zero-order valence-corrected chi connectivity index (χ0v) is 9.71. The van der Waals surface area contributed by atoms with Crippen molar-refractivity contribution in [2.24, 2.45) is 5.92 Å². The van der Waals surface area contributed by atoms with Crippen LogP contribution in [0.25, 0.3) is 11.2 Å². The van der Waals surface area contributed by atoms with Gasteiger partial charge in [-0.25, -0.2) is 4.98 Å². The zero-order chi connectivity index (χ0) is 10.1. The molecule has 2 heterocycles. The van der Waals surface area contributed by atoms with Gasteiger partial charge in [-0.1, -0.05) is 13.8 Å². The van der Waals surface area contributed by atoms with Crippen LogP contribution in [-0.4, -0.2) is 9.97 Å². The van der Waals surface area contributed by atoms with E-state index in [0.717, 1.165) is 22.4 Å². The van der Waals surface area contributed by atoms with Gasteiger partial charge in [-0.3, -0.25) is 0 Å². The van der Waals surface area contributed by atoms with Crippen LogP contribution in [0.1, 0.15) is 19.7 Å². The summed E-state index contributed by atoms with van der Waals surface area (Å²) >= 11 is 3.40. The molecule has 4 heteroatoms. The summed E-state index contributed by atoms with van der Waals surface area (Å²) in [6.07, 6.45) is 2.57. The average molecular weight is 255 g/mol. The molecule has 0 aliphatic carbocycles. The van der Waals surface area contributed by atoms with E-state index in [4.69, 9.17) is 4.42 Å². The molecule has 74 valence electrons. The molecule has 0 fully saturated rings. The minimum atomic E-state index is 0.543. The highest BCUT2D eigenvalue weighted by molar-refractivity contribution is 9.10. The van der Waals surface area contributed by atoms with Crippen LogP contribution in [0.3, 0.4) is 0 Å². The first-order chi connectivity index (χ1) is 6.66. The van der Waals surface area contributed by atoms with Crippen LogP contribution in [0.15, 0.2) is 21.2 Å². The van der Waals surface area contributed by atoms with Gasteiger partial charge in [0.1, 0.15) is 0 Å². The summed E-state index contributed by atoms with van der Waals surface area (Å²) in [7, 11) is 0. The van der Waals surface area contributed by atoms with E-state index < -0.39 is 0 Å². The summed E-state index contributed by atoms with van der Waals surface area (Å²) in [5.74, 6) is 1.30. The molecule has 0 atom stereocenters. The number of nitrogens with zero attached hydrogens (tertiary/aromatic N) is 2. The largest absolute Gasteiger partial charge is 0.438 e. The number of fused-ring (bicyclic) bond motifs is 1. The summed E-state index contributed by atoms with van der Waals surface area (Å²) in [4.78, 5) is 8.44. The lowest BCUT2D eigenvalue weighted by molar-refractivity contribution is 0.481. The topological polar surface area (TPSA) is 38.9 Å². The number of hydrogen-bond donors (Lipinski definition) is 0. The van der Waals surface area contributed by atoms with Crippen molar-refractivity contribution >= 4 is 27.2 Å². The maximum Gasteiger partial charge on any atom is 0.199 e. The molecule has 0 aliphatic heterocycles. The Morgan fingerprint density at radius 1 is 1.50 bits per heavy atom. The Hall–Kier alpha value is -0.900. The Balaban J connectivity index is 2.46. The molecule has 3 nitrogen and oxygen atoms in total. The van der Waals surface area contributed by atoms with Crippen LogP contribution in [0.4, 0.5) is 0 Å². The second-order valence-electron chi connectivity index (χ2n) is 3.65. The molecule has 2 aromatic rings. The average Bonchev–Trinajstić information content (AvgIpc) is 2.47. The fraction of sp³-hybridized carbons (Fsp3) is 0.400. The molecule has 2 aromatic heterocycles. The molecule has 0 saturated carbocycles. The Morgan fingerprint density at radius 3 is 2.93 bits per heavy atom. The van der Waals surface area contributed by atoms with Crippen molar-refractivity contribution in [2.75, 3.05) is 0 Å². The van der Waals surface area contributed by atoms with Gasteiger partial charge in [0.05, 0.1) is 4.47 Å². The molecule has 0 amide bonds. The molecular weight excluding hydrogens is 244 g/mol. The number of hydrogen-bond acceptors (Lipinski definition) is 3. The van der Waals surface area contributed by atoms with Crippen molar-refractivity contribution in [1.82, 2.24) is 9.97 Å². The molecule has 0 aromatic carbocycles. The van der Waals surface area contributed by atoms with Crippen LogP contribution in [0, 0.1) is 5.92 Å². The first kappa shape index (κ1) is 9.65. The lowest BCUT2D eigenvalue weighted by Crippen LogP contribution is -1.93. The third kappa shape index (κ3) is 1.80. The first-order valence-electron chi connectivity index (χ1n) is 4.56. The zero-order valence-electron chi connectivity index (χ0n) is 8.12. The molecule has 2 rings (SSSR count). The van der Waals surface area contributed by atoms with E-state index in [-0.39, 0.29) is 0 Å². The minimum Gasteiger partial charge on any atom is -0.438 e. The minimum absolute atomic E-state index is 0.543. The number of pyridine rings is 1. The third-order valence-electron chi connectivity index (χ3n) is 1.87. The van der Waals surface area contributed by atoms with Crippen molar-refractivity contribution in [1.29, 1.82) is 0 Å². The molecule has 0 radical (unpaired) electrons. The van der Waals surface area contributed by atoms with Gasteiger partial charge in [-0.2, -0.15) is 4.98 Å². The lowest BCUT2D eigenvalue weighted by atomic mass is 10.1. The Bertz CT molecular complexity index is 450. The van der Waals surface area contributed by atoms with Gasteiger partial charge in [-0.05, 0) is 27.9 Å². The van der Waals surface area contributed by atoms with Crippen molar-refractivity contribution in [3.8, 4) is 0 Å². The van der Waals surface area contributed by atoms with E-state index in [1.54, 1.807) is 6.20 Å². The van der Waals surface area contributed by atoms with Crippen molar-refractivity contribution in [3.63, 3.8) is 0 Å². The highest BCUT2D eigenvalue weighted by Crippen LogP contribution is 2.23. The second-order valence-corrected chi connectivity index (χ2v) is 4.51. The lowest BCUT2D eigenvalue weighted by Gasteiger charge is -1.96. The maximum absolute atomic E-state index is 5.59. The number of rotatable bonds is 2. The Morgan fingerprint density at radius 2 is 2.29 bits per heavy atom. The van der Waals surface area contributed by atoms with Crippen LogP contribution in [-0.2, 0) is 6.42 Å². The van der Waals surface area contributed by atoms with E-state index in [1.165, 1.54) is 0 Å². The predicted octanol–water partition coefficient (Wildman–Crippen LogP) is 3.18. The quantitative estimate of drug-likeness (QED) is 0.827. The van der Waals surface area contributed by atoms with Crippen LogP contribution < -0.4 is 0 Å². The number of halogens is 1. The second kappa shape index (κ2) is 3.69. The van der Waals surface area contributed by atoms with E-state index in [0.29, 0.717) is 11.6 Å². The van der Waals surface area contributed by atoms with E-state index in [1.807, 2.05) is 6.07 Å². The van der Waals surface area contributed by atoms with Gasteiger partial charge in [0, 0.05) is 12.6 Å². The van der Waals surface area contributed by atoms with Gasteiger partial charge in [0.15, 0.2) is 17.1 Å². The normalized spacial score (nSPS) is 11.4. The highest BCUT2D eigenvalue weighted by atomic mass is 79.9. The third-order valence-corrected chi connectivity index (χ3v) is 2.50. The summed E-state index contributed by atoms with van der Waals surface area (Å²) in [5, 5.41) is 0. The molecule has 0 bridgehead atoms. The van der Waals surface area contributed by atoms with Gasteiger partial charge in [0.25, 0.3) is 0 Å². The molecule has 0 spiro atoms. The monoisotopic (exact) mass is 254 g/mol. The summed E-state index contributed by atoms with van der Waals surface area (Å²) in [6.45, 7) is 4.27. The smallest absolute Gasteiger partial charge is 0.199 e. The molecule has 0 saturated heterocycles. The fourth-order valence-corrected chi connectivity index (χ4v) is 1.66. The fourth-order valence-electron chi connectivity index (χ4n) is 1.28. The molecule has 0 aliphatic rings. The summed E-state index contributed by atoms with van der Waals surface area (Å²) in [5.41, 5.74) is 1.41. The maximum atomic E-state index is 5.59. The van der Waals surface area contributed by atoms with E-state index in [9.17, 15) is 0 Å². The van der Waals surface area contributed by atoms with Gasteiger partial charge >= 0.3 is 0 Å². The molecule has 0 unspecified atom stereocenters. The number of oxazole rings is 1. The number of aromatic nitrogens is 2. The first-order valence-corrected chi connectivity index (χ1v) is 5.36. The molecule has 14 heavy (non-hydrogen) atoms. The Kier molecular flexibility index (Phi) is 2.54. The Labute approximate surface area is 90.7 Å². The van der Waals surface area contributed by atoms with Gasteiger partial charge in [-0.15, -0.1) is 0 Å². The summed E-state index contributed by atoms with van der Waals surface area (Å²) in [6, 6.07) is 1.85. The highest BCUT2D eigenvalue weighted by Gasteiger charge is 2.10. The van der Waals surface area contributed by atoms with Crippen LogP contribution in [0.5, 0.6) is 0 Å². The molecule has 0 N–H and O–H groups in total. The van der Waals surface area contributed by atoms with Crippen molar-refractivity contribution in [2.45, 2.75) is 20.3 Å². The van der Waals surface area contributed by atoms with Gasteiger partial charge < -0.3 is 4.42 Å². The van der Waals surface area contributed by atoms with Crippen LogP contribution in [0.2, 0.25) is 0 Å². The van der Waals surface area contributed by atoms with Crippen molar-refractivity contribution < 1.29 is 4.42 Å². The molecular formula is C10H11BrN2O. The predicted molar refractivity (Wildman–Crippen MR) is 58.0 cm³/mol. The van der Waals surface area contributed by atoms with E-state index in [2.05, 4.69) is 39.7 Å². The van der Waals surface area contributed by atoms with Gasteiger partial charge in [0.2, 0.25) is 0 Å². The standard InChI is InChI=1S/C10H11BrN2O/c1-6(2)5-8-13-10-9(14-8)7(11)3-4-12-10/h3-4,6H,5H2,1-2H3. The van der Waals surface area contributed by atoms with Crippen molar-refractivity contribution in [3.05, 3.63) is 22.6 Å². The van der Waals surface area contributed by atoms with Crippen LogP contribution >= 0.6 is 15.9 Å². The van der Waals surface area contributed by atoms with E-state index >= 15 is 0 Å². The SMILES string of the molecule is CC(C)Cc1nc2nccc(Br)c2o1. The summed E-state index contributed by atoms with van der Waals surface area (Å²) < 4.78 is 6.50.